The summed E-state index contributed by atoms with van der Waals surface area (Å²) in [7, 11) is 1.76. The van der Waals surface area contributed by atoms with Gasteiger partial charge in [0.1, 0.15) is 0 Å². The topological polar surface area (TPSA) is 32.3 Å². The van der Waals surface area contributed by atoms with Crippen LogP contribution in [-0.2, 0) is 4.79 Å². The zero-order chi connectivity index (χ0) is 9.14. The Labute approximate surface area is 76.5 Å². The Hall–Kier alpha value is -0.900. The molecule has 0 aromatic carbocycles. The molecule has 1 rings (SSSR count). The summed E-state index contributed by atoms with van der Waals surface area (Å²) in [5, 5.41) is 4.96. The van der Waals surface area contributed by atoms with Crippen LogP contribution in [0.5, 0.6) is 0 Å². The van der Waals surface area contributed by atoms with Gasteiger partial charge in [0.15, 0.2) is 5.50 Å². The number of hydrogen-bond acceptors (Lipinski definition) is 3. The molecule has 1 atom stereocenters. The summed E-state index contributed by atoms with van der Waals surface area (Å²) in [6.07, 6.45) is 1.83. The summed E-state index contributed by atoms with van der Waals surface area (Å²) in [4.78, 5) is 13.0. The lowest BCUT2D eigenvalue weighted by Crippen LogP contribution is -2.40. The van der Waals surface area contributed by atoms with Crippen LogP contribution in [0, 0.1) is 0 Å². The summed E-state index contributed by atoms with van der Waals surface area (Å²) in [6.45, 7) is 5.31. The number of nitrogens with one attached hydrogen (secondary N) is 1. The highest BCUT2D eigenvalue weighted by Gasteiger charge is 2.20. The number of thioether (sulfide) groups is 1. The summed E-state index contributed by atoms with van der Waals surface area (Å²) in [5.41, 5.74) is 0.584. The van der Waals surface area contributed by atoms with Gasteiger partial charge in [0.25, 0.3) is 5.91 Å². The van der Waals surface area contributed by atoms with Crippen molar-refractivity contribution in [1.82, 2.24) is 10.2 Å². The van der Waals surface area contributed by atoms with Crippen LogP contribution in [0.2, 0.25) is 0 Å². The Balaban J connectivity index is 2.52. The van der Waals surface area contributed by atoms with E-state index in [4.69, 9.17) is 0 Å². The second-order valence-corrected chi connectivity index (χ2v) is 3.65. The third-order valence-electron chi connectivity index (χ3n) is 1.55. The molecular weight excluding hydrogens is 172 g/mol. The largest absolute Gasteiger partial charge is 0.362 e. The second kappa shape index (κ2) is 3.67. The van der Waals surface area contributed by atoms with Crippen LogP contribution in [-0.4, -0.2) is 23.4 Å². The fourth-order valence-corrected chi connectivity index (χ4v) is 1.63. The first-order chi connectivity index (χ1) is 5.63. The Morgan fingerprint density at radius 1 is 1.75 bits per heavy atom. The fourth-order valence-electron chi connectivity index (χ4n) is 0.885. The van der Waals surface area contributed by atoms with Crippen LogP contribution in [0.3, 0.4) is 0 Å². The van der Waals surface area contributed by atoms with Gasteiger partial charge in [-0.2, -0.15) is 0 Å². The van der Waals surface area contributed by atoms with Gasteiger partial charge in [-0.15, -0.1) is 0 Å². The SMILES string of the molecule is C=C(C)C(=O)N(C)C1NC=CS1. The minimum absolute atomic E-state index is 0.0224. The summed E-state index contributed by atoms with van der Waals surface area (Å²) in [5.74, 6) is -0.0244. The molecule has 0 bridgehead atoms. The van der Waals surface area contributed by atoms with E-state index in [9.17, 15) is 4.79 Å². The monoisotopic (exact) mass is 184 g/mol. The molecule has 0 aliphatic carbocycles. The predicted octanol–water partition coefficient (Wildman–Crippen LogP) is 1.11. The van der Waals surface area contributed by atoms with Gasteiger partial charge in [-0.3, -0.25) is 4.79 Å². The standard InChI is InChI=1S/C8H12N2OS/c1-6(2)7(11)10(3)8-9-4-5-12-8/h4-5,8-9H,1H2,2-3H3. The van der Waals surface area contributed by atoms with Crippen molar-refractivity contribution in [3.63, 3.8) is 0 Å². The maximum absolute atomic E-state index is 11.4. The van der Waals surface area contributed by atoms with Gasteiger partial charge in [-0.25, -0.2) is 0 Å². The first-order valence-electron chi connectivity index (χ1n) is 3.62. The molecule has 1 unspecified atom stereocenters. The molecule has 0 radical (unpaired) electrons. The molecule has 0 saturated heterocycles. The van der Waals surface area contributed by atoms with Crippen molar-refractivity contribution in [3.05, 3.63) is 23.8 Å². The van der Waals surface area contributed by atoms with Crippen LogP contribution in [0.4, 0.5) is 0 Å². The molecule has 1 aliphatic heterocycles. The molecule has 1 N–H and O–H groups in total. The molecule has 3 nitrogen and oxygen atoms in total. The van der Waals surface area contributed by atoms with Crippen molar-refractivity contribution in [1.29, 1.82) is 0 Å². The number of rotatable bonds is 2. The molecule has 66 valence electrons. The van der Waals surface area contributed by atoms with Crippen LogP contribution >= 0.6 is 11.8 Å². The van der Waals surface area contributed by atoms with E-state index in [2.05, 4.69) is 11.9 Å². The molecule has 12 heavy (non-hydrogen) atoms. The molecule has 0 spiro atoms. The Bertz CT molecular complexity index is 229. The Morgan fingerprint density at radius 3 is 2.83 bits per heavy atom. The van der Waals surface area contributed by atoms with Gasteiger partial charge in [-0.1, -0.05) is 18.3 Å². The van der Waals surface area contributed by atoms with E-state index in [0.717, 1.165) is 0 Å². The molecular formula is C8H12N2OS. The van der Waals surface area contributed by atoms with E-state index in [1.54, 1.807) is 30.6 Å². The second-order valence-electron chi connectivity index (χ2n) is 2.65. The summed E-state index contributed by atoms with van der Waals surface area (Å²) >= 11 is 1.57. The first-order valence-corrected chi connectivity index (χ1v) is 4.56. The van der Waals surface area contributed by atoms with Crippen molar-refractivity contribution in [2.45, 2.75) is 12.4 Å². The van der Waals surface area contributed by atoms with Gasteiger partial charge >= 0.3 is 0 Å². The van der Waals surface area contributed by atoms with Crippen LogP contribution in [0.15, 0.2) is 23.8 Å². The fraction of sp³-hybridized carbons (Fsp3) is 0.375. The zero-order valence-corrected chi connectivity index (χ0v) is 8.02. The number of amides is 1. The molecule has 0 saturated carbocycles. The molecule has 0 aromatic heterocycles. The number of likely N-dealkylation sites (N-methyl/N-ethyl adjacent to an activating group) is 1. The molecule has 0 fully saturated rings. The van der Waals surface area contributed by atoms with E-state index in [1.165, 1.54) is 0 Å². The van der Waals surface area contributed by atoms with Crippen molar-refractivity contribution in [2.24, 2.45) is 0 Å². The Kier molecular flexibility index (Phi) is 2.81. The first kappa shape index (κ1) is 9.19. The van der Waals surface area contributed by atoms with Gasteiger partial charge in [0, 0.05) is 18.8 Å². The van der Waals surface area contributed by atoms with Gasteiger partial charge < -0.3 is 10.2 Å². The van der Waals surface area contributed by atoms with Crippen LogP contribution < -0.4 is 5.32 Å². The maximum Gasteiger partial charge on any atom is 0.250 e. The lowest BCUT2D eigenvalue weighted by molar-refractivity contribution is -0.126. The average Bonchev–Trinajstić information content (AvgIpc) is 2.53. The van der Waals surface area contributed by atoms with E-state index >= 15 is 0 Å². The highest BCUT2D eigenvalue weighted by atomic mass is 32.2. The summed E-state index contributed by atoms with van der Waals surface area (Å²) in [6, 6.07) is 0. The quantitative estimate of drug-likeness (QED) is 0.652. The minimum Gasteiger partial charge on any atom is -0.362 e. The molecule has 4 heteroatoms. The number of hydrogen-bond donors (Lipinski definition) is 1. The highest BCUT2D eigenvalue weighted by molar-refractivity contribution is 8.02. The third-order valence-corrected chi connectivity index (χ3v) is 2.55. The molecule has 0 aromatic rings. The minimum atomic E-state index is -0.0244. The molecule has 1 amide bonds. The highest BCUT2D eigenvalue weighted by Crippen LogP contribution is 2.18. The van der Waals surface area contributed by atoms with Gasteiger partial charge in [0.2, 0.25) is 0 Å². The normalized spacial score (nSPS) is 20.3. The van der Waals surface area contributed by atoms with E-state index < -0.39 is 0 Å². The average molecular weight is 184 g/mol. The van der Waals surface area contributed by atoms with Crippen molar-refractivity contribution in [3.8, 4) is 0 Å². The van der Waals surface area contributed by atoms with Crippen molar-refractivity contribution in [2.75, 3.05) is 7.05 Å². The third kappa shape index (κ3) is 1.82. The van der Waals surface area contributed by atoms with Crippen molar-refractivity contribution >= 4 is 17.7 Å². The lowest BCUT2D eigenvalue weighted by Gasteiger charge is -2.23. The zero-order valence-electron chi connectivity index (χ0n) is 7.20. The van der Waals surface area contributed by atoms with E-state index in [1.807, 2.05) is 11.6 Å². The molecule has 1 heterocycles. The van der Waals surface area contributed by atoms with Gasteiger partial charge in [-0.05, 0) is 12.3 Å². The van der Waals surface area contributed by atoms with Gasteiger partial charge in [0.05, 0.1) is 0 Å². The number of nitrogens with zero attached hydrogens (tertiary/aromatic N) is 1. The number of carbonyl (C=O) groups excluding carboxylic acids is 1. The van der Waals surface area contributed by atoms with Crippen molar-refractivity contribution < 1.29 is 4.79 Å². The smallest absolute Gasteiger partial charge is 0.250 e. The van der Waals surface area contributed by atoms with E-state index in [0.29, 0.717) is 5.57 Å². The van der Waals surface area contributed by atoms with E-state index in [-0.39, 0.29) is 11.4 Å². The van der Waals surface area contributed by atoms with Crippen LogP contribution in [0.1, 0.15) is 6.92 Å². The van der Waals surface area contributed by atoms with Crippen LogP contribution in [0.25, 0.3) is 0 Å². The lowest BCUT2D eigenvalue weighted by atomic mass is 10.3. The predicted molar refractivity (Wildman–Crippen MR) is 51.2 cm³/mol. The number of carbonyl (C=O) groups is 1. The maximum atomic E-state index is 11.4. The Morgan fingerprint density at radius 2 is 2.42 bits per heavy atom. The summed E-state index contributed by atoms with van der Waals surface area (Å²) < 4.78 is 0. The molecule has 1 aliphatic rings.